The number of aromatic nitrogens is 6. The Hall–Kier alpha value is -3.03. The average Bonchev–Trinajstić information content (AvgIpc) is 3.08. The third-order valence-corrected chi connectivity index (χ3v) is 4.45. The smallest absolute Gasteiger partial charge is 0.225 e. The van der Waals surface area contributed by atoms with Crippen molar-refractivity contribution in [2.24, 2.45) is 0 Å². The van der Waals surface area contributed by atoms with Crippen LogP contribution in [-0.4, -0.2) is 56.1 Å². The molecule has 26 heavy (non-hydrogen) atoms. The molecule has 1 aliphatic heterocycles. The monoisotopic (exact) mass is 350 g/mol. The number of nitrogens with zero attached hydrogens (tertiary/aromatic N) is 8. The molecule has 1 fully saturated rings. The lowest BCUT2D eigenvalue weighted by molar-refractivity contribution is 0.628. The van der Waals surface area contributed by atoms with Crippen LogP contribution in [0, 0.1) is 20.8 Å². The van der Waals surface area contributed by atoms with Crippen LogP contribution in [0.15, 0.2) is 30.5 Å². The van der Waals surface area contributed by atoms with Crippen LogP contribution >= 0.6 is 0 Å². The van der Waals surface area contributed by atoms with Crippen LogP contribution < -0.4 is 9.80 Å². The number of hydrogen-bond acceptors (Lipinski definition) is 7. The van der Waals surface area contributed by atoms with Gasteiger partial charge in [-0.2, -0.15) is 5.10 Å². The van der Waals surface area contributed by atoms with Crippen molar-refractivity contribution in [1.82, 2.24) is 29.9 Å². The lowest BCUT2D eigenvalue weighted by Crippen LogP contribution is -2.47. The van der Waals surface area contributed by atoms with Crippen molar-refractivity contribution in [1.29, 1.82) is 0 Å². The van der Waals surface area contributed by atoms with Crippen LogP contribution in [0.3, 0.4) is 0 Å². The Balaban J connectivity index is 1.43. The number of aryl methyl sites for hydroxylation is 3. The Labute approximate surface area is 152 Å². The molecule has 0 unspecified atom stereocenters. The molecule has 0 radical (unpaired) electrons. The van der Waals surface area contributed by atoms with Crippen molar-refractivity contribution < 1.29 is 0 Å². The molecule has 3 aromatic heterocycles. The van der Waals surface area contributed by atoms with Crippen LogP contribution in [0.4, 0.5) is 11.8 Å². The maximum atomic E-state index is 4.56. The van der Waals surface area contributed by atoms with Gasteiger partial charge in [0.15, 0.2) is 11.6 Å². The molecule has 0 aliphatic carbocycles. The molecular formula is C18H22N8. The molecule has 0 N–H and O–H groups in total. The zero-order valence-electron chi connectivity index (χ0n) is 15.3. The van der Waals surface area contributed by atoms with E-state index in [1.807, 2.05) is 51.2 Å². The predicted molar refractivity (Wildman–Crippen MR) is 99.8 cm³/mol. The van der Waals surface area contributed by atoms with E-state index in [9.17, 15) is 0 Å². The first-order chi connectivity index (χ1) is 12.6. The number of anilines is 2. The van der Waals surface area contributed by atoms with Gasteiger partial charge < -0.3 is 9.80 Å². The van der Waals surface area contributed by atoms with Gasteiger partial charge in [0.25, 0.3) is 0 Å². The topological polar surface area (TPSA) is 75.9 Å². The first-order valence-electron chi connectivity index (χ1n) is 8.77. The van der Waals surface area contributed by atoms with Crippen molar-refractivity contribution in [3.63, 3.8) is 0 Å². The van der Waals surface area contributed by atoms with Gasteiger partial charge in [0.05, 0.1) is 5.69 Å². The molecule has 8 heteroatoms. The summed E-state index contributed by atoms with van der Waals surface area (Å²) in [6.07, 6.45) is 1.89. The second-order valence-electron chi connectivity index (χ2n) is 6.58. The van der Waals surface area contributed by atoms with Crippen molar-refractivity contribution in [2.45, 2.75) is 20.8 Å². The highest BCUT2D eigenvalue weighted by Crippen LogP contribution is 2.17. The second-order valence-corrected chi connectivity index (χ2v) is 6.58. The van der Waals surface area contributed by atoms with Gasteiger partial charge in [-0.1, -0.05) is 0 Å². The van der Waals surface area contributed by atoms with Crippen LogP contribution in [0.2, 0.25) is 0 Å². The maximum Gasteiger partial charge on any atom is 0.225 e. The summed E-state index contributed by atoms with van der Waals surface area (Å²) in [5, 5.41) is 13.0. The van der Waals surface area contributed by atoms with Gasteiger partial charge in [-0.15, -0.1) is 10.2 Å². The Bertz CT molecular complexity index is 874. The van der Waals surface area contributed by atoms with Gasteiger partial charge in [-0.25, -0.2) is 14.6 Å². The van der Waals surface area contributed by atoms with Crippen molar-refractivity contribution in [3.8, 4) is 5.82 Å². The minimum absolute atomic E-state index is 0.726. The quantitative estimate of drug-likeness (QED) is 0.711. The molecule has 0 spiro atoms. The minimum Gasteiger partial charge on any atom is -0.352 e. The lowest BCUT2D eigenvalue weighted by atomic mass is 10.3. The van der Waals surface area contributed by atoms with E-state index in [4.69, 9.17) is 0 Å². The average molecular weight is 350 g/mol. The molecule has 0 aromatic carbocycles. The van der Waals surface area contributed by atoms with Gasteiger partial charge in [-0.05, 0) is 45.0 Å². The van der Waals surface area contributed by atoms with E-state index in [-0.39, 0.29) is 0 Å². The van der Waals surface area contributed by atoms with E-state index < -0.39 is 0 Å². The maximum absolute atomic E-state index is 4.56. The van der Waals surface area contributed by atoms with E-state index in [2.05, 4.69) is 35.1 Å². The SMILES string of the molecule is Cc1cc(C)nc(N2CCN(c3ccc(-n4ccc(C)n4)nn3)CC2)n1. The summed E-state index contributed by atoms with van der Waals surface area (Å²) in [5.41, 5.74) is 2.97. The van der Waals surface area contributed by atoms with Gasteiger partial charge in [0, 0.05) is 43.8 Å². The summed E-state index contributed by atoms with van der Waals surface area (Å²) in [5.74, 6) is 2.43. The second kappa shape index (κ2) is 6.70. The molecule has 4 rings (SSSR count). The first-order valence-corrected chi connectivity index (χ1v) is 8.77. The zero-order chi connectivity index (χ0) is 18.1. The largest absolute Gasteiger partial charge is 0.352 e. The molecule has 0 atom stereocenters. The highest BCUT2D eigenvalue weighted by Gasteiger charge is 2.20. The zero-order valence-corrected chi connectivity index (χ0v) is 15.3. The number of piperazine rings is 1. The normalized spacial score (nSPS) is 14.7. The van der Waals surface area contributed by atoms with E-state index in [0.29, 0.717) is 0 Å². The number of rotatable bonds is 3. The van der Waals surface area contributed by atoms with E-state index >= 15 is 0 Å². The third-order valence-electron chi connectivity index (χ3n) is 4.45. The van der Waals surface area contributed by atoms with Crippen molar-refractivity contribution >= 4 is 11.8 Å². The minimum atomic E-state index is 0.726. The Kier molecular flexibility index (Phi) is 4.24. The molecule has 0 bridgehead atoms. The molecule has 3 aromatic rings. The fraction of sp³-hybridized carbons (Fsp3) is 0.389. The molecule has 134 valence electrons. The third kappa shape index (κ3) is 3.35. The highest BCUT2D eigenvalue weighted by atomic mass is 15.4. The first kappa shape index (κ1) is 16.4. The predicted octanol–water partition coefficient (Wildman–Crippen LogP) is 1.70. The van der Waals surface area contributed by atoms with E-state index in [1.165, 1.54) is 0 Å². The summed E-state index contributed by atoms with van der Waals surface area (Å²) in [6, 6.07) is 7.90. The Morgan fingerprint density at radius 2 is 1.35 bits per heavy atom. The van der Waals surface area contributed by atoms with Gasteiger partial charge in [0.2, 0.25) is 5.95 Å². The standard InChI is InChI=1S/C18H22N8/c1-13-6-7-26(23-13)17-5-4-16(21-22-17)24-8-10-25(11-9-24)18-19-14(2)12-15(3)20-18/h4-7,12H,8-11H2,1-3H3. The van der Waals surface area contributed by atoms with Crippen LogP contribution in [-0.2, 0) is 0 Å². The van der Waals surface area contributed by atoms with Crippen molar-refractivity contribution in [2.75, 3.05) is 36.0 Å². The molecule has 0 amide bonds. The summed E-state index contributed by atoms with van der Waals surface area (Å²) in [7, 11) is 0. The van der Waals surface area contributed by atoms with Gasteiger partial charge in [0.1, 0.15) is 0 Å². The fourth-order valence-electron chi connectivity index (χ4n) is 3.14. The molecule has 1 saturated heterocycles. The van der Waals surface area contributed by atoms with E-state index in [1.54, 1.807) is 4.68 Å². The Morgan fingerprint density at radius 1 is 0.731 bits per heavy atom. The van der Waals surface area contributed by atoms with Crippen LogP contribution in [0.5, 0.6) is 0 Å². The Morgan fingerprint density at radius 3 is 1.92 bits per heavy atom. The molecule has 0 saturated carbocycles. The van der Waals surface area contributed by atoms with E-state index in [0.717, 1.165) is 60.8 Å². The summed E-state index contributed by atoms with van der Waals surface area (Å²) in [6.45, 7) is 9.43. The molecule has 1 aliphatic rings. The highest BCUT2D eigenvalue weighted by molar-refractivity contribution is 5.43. The summed E-state index contributed by atoms with van der Waals surface area (Å²) in [4.78, 5) is 13.6. The van der Waals surface area contributed by atoms with Crippen molar-refractivity contribution in [3.05, 3.63) is 47.5 Å². The fourth-order valence-corrected chi connectivity index (χ4v) is 3.14. The number of hydrogen-bond donors (Lipinski definition) is 0. The molecule has 8 nitrogen and oxygen atoms in total. The van der Waals surface area contributed by atoms with Crippen LogP contribution in [0.1, 0.15) is 17.1 Å². The lowest BCUT2D eigenvalue weighted by Gasteiger charge is -2.35. The van der Waals surface area contributed by atoms with Gasteiger partial charge >= 0.3 is 0 Å². The summed E-state index contributed by atoms with van der Waals surface area (Å²) >= 11 is 0. The van der Waals surface area contributed by atoms with Gasteiger partial charge in [-0.3, -0.25) is 0 Å². The molecular weight excluding hydrogens is 328 g/mol. The van der Waals surface area contributed by atoms with Crippen LogP contribution in [0.25, 0.3) is 5.82 Å². The molecule has 4 heterocycles. The summed E-state index contributed by atoms with van der Waals surface area (Å²) < 4.78 is 1.74.